The molecule has 80 heavy (non-hydrogen) atoms. The van der Waals surface area contributed by atoms with Crippen molar-refractivity contribution in [2.75, 3.05) is 0 Å². The summed E-state index contributed by atoms with van der Waals surface area (Å²) in [6.07, 6.45) is 37.3. The normalized spacial score (nSPS) is 11.8. The number of benzene rings is 7. The van der Waals surface area contributed by atoms with Gasteiger partial charge in [-0.3, -0.25) is 4.98 Å². The first kappa shape index (κ1) is 58.5. The zero-order valence-electron chi connectivity index (χ0n) is 50.4. The van der Waals surface area contributed by atoms with E-state index in [1.54, 1.807) is 0 Å². The first-order valence-electron chi connectivity index (χ1n) is 32.4. The van der Waals surface area contributed by atoms with Crippen LogP contribution in [0.3, 0.4) is 0 Å². The molecule has 0 unspecified atom stereocenters. The number of unbranched alkanes of at least 4 members (excludes halogenated alkanes) is 20. The Bertz CT molecular complexity index is 3430. The molecule has 0 amide bonds. The molecule has 0 saturated carbocycles. The van der Waals surface area contributed by atoms with Gasteiger partial charge in [-0.25, -0.2) is 4.98 Å². The highest BCUT2D eigenvalue weighted by atomic mass is 14.8. The van der Waals surface area contributed by atoms with Crippen molar-refractivity contribution in [2.24, 2.45) is 0 Å². The van der Waals surface area contributed by atoms with Crippen molar-refractivity contribution < 1.29 is 0 Å². The summed E-state index contributed by atoms with van der Waals surface area (Å²) in [6, 6.07) is 50.3. The monoisotopic (exact) mass is 1060 g/mol. The predicted molar refractivity (Wildman–Crippen MR) is 352 cm³/mol. The van der Waals surface area contributed by atoms with E-state index in [0.29, 0.717) is 0 Å². The van der Waals surface area contributed by atoms with Gasteiger partial charge in [-0.15, -0.1) is 0 Å². The molecule has 0 N–H and O–H groups in total. The van der Waals surface area contributed by atoms with Crippen molar-refractivity contribution >= 4 is 43.4 Å². The maximum Gasteiger partial charge on any atom is 0.0972 e. The Morgan fingerprint density at radius 3 is 1.29 bits per heavy atom. The molecule has 9 rings (SSSR count). The predicted octanol–water partition coefficient (Wildman–Crippen LogP) is 24.0. The number of rotatable bonds is 32. The maximum atomic E-state index is 5.59. The molecule has 2 heterocycles. The standard InChI is InChI=1S/C78H96N2/c1-7-11-15-19-23-27-32-61-54-74(64(47-58(61)6)33-28-24-20-16-12-8-2)70-51-71(53-72(52-70)76-44-43-60-40-39-59-36-31-45-79-77(59)78(60)80-76)75-56-65(34-29-25-21-17-13-9-3)73(55-66(75)35-30-26-22-18-14-10-4)67-42-41-63-48-68-46-57(5)37-38-62(68)49-69(63)50-67/h31,36-56H,7-30,32-35H2,1-6H3. The molecule has 0 fully saturated rings. The maximum absolute atomic E-state index is 5.59. The molecule has 0 aliphatic rings. The van der Waals surface area contributed by atoms with Gasteiger partial charge in [0.1, 0.15) is 0 Å². The minimum absolute atomic E-state index is 0.968. The molecule has 7 aromatic carbocycles. The quantitative estimate of drug-likeness (QED) is 0.0239. The van der Waals surface area contributed by atoms with Crippen LogP contribution in [0.1, 0.15) is 215 Å². The fraction of sp³-hybridized carbons (Fsp3) is 0.436. The first-order valence-corrected chi connectivity index (χ1v) is 32.4. The molecule has 0 aliphatic carbocycles. The Balaban J connectivity index is 1.23. The van der Waals surface area contributed by atoms with Gasteiger partial charge in [0.25, 0.3) is 0 Å². The van der Waals surface area contributed by atoms with Crippen LogP contribution in [0.4, 0.5) is 0 Å². The highest BCUT2D eigenvalue weighted by molar-refractivity contribution is 6.04. The average molecular weight is 1060 g/mol. The van der Waals surface area contributed by atoms with Crippen molar-refractivity contribution in [3.8, 4) is 44.6 Å². The van der Waals surface area contributed by atoms with Crippen molar-refractivity contribution in [1.82, 2.24) is 9.97 Å². The fourth-order valence-corrected chi connectivity index (χ4v) is 12.8. The lowest BCUT2D eigenvalue weighted by Crippen LogP contribution is -2.01. The fourth-order valence-electron chi connectivity index (χ4n) is 12.8. The summed E-state index contributed by atoms with van der Waals surface area (Å²) in [5.41, 5.74) is 21.1. The van der Waals surface area contributed by atoms with Crippen molar-refractivity contribution in [3.63, 3.8) is 0 Å². The Labute approximate surface area is 483 Å². The van der Waals surface area contributed by atoms with Gasteiger partial charge >= 0.3 is 0 Å². The molecule has 0 bridgehead atoms. The largest absolute Gasteiger partial charge is 0.254 e. The van der Waals surface area contributed by atoms with Gasteiger partial charge < -0.3 is 0 Å². The van der Waals surface area contributed by atoms with Gasteiger partial charge in [-0.05, 0) is 196 Å². The molecule has 0 aliphatic heterocycles. The van der Waals surface area contributed by atoms with E-state index in [0.717, 1.165) is 53.2 Å². The molecule has 0 spiro atoms. The Hall–Kier alpha value is -6.12. The van der Waals surface area contributed by atoms with E-state index in [4.69, 9.17) is 9.97 Å². The summed E-state index contributed by atoms with van der Waals surface area (Å²) in [4.78, 5) is 10.5. The van der Waals surface area contributed by atoms with Crippen LogP contribution in [-0.2, 0) is 25.7 Å². The summed E-state index contributed by atoms with van der Waals surface area (Å²) in [5, 5.41) is 7.52. The number of hydrogen-bond donors (Lipinski definition) is 0. The SMILES string of the molecule is CCCCCCCCc1cc(-c2cc(-c3ccc4ccc5cccnc5c4n3)cc(-c3cc(CCCCCCCC)c(-c4ccc5cc6cc(C)ccc6cc5c4)cc3CCCCCCCC)c2)c(CCCCCCCC)cc1C. The summed E-state index contributed by atoms with van der Waals surface area (Å²) in [7, 11) is 0. The third-order valence-electron chi connectivity index (χ3n) is 17.6. The highest BCUT2D eigenvalue weighted by Gasteiger charge is 2.19. The van der Waals surface area contributed by atoms with E-state index in [1.165, 1.54) is 248 Å². The second kappa shape index (κ2) is 30.1. The van der Waals surface area contributed by atoms with E-state index < -0.39 is 0 Å². The van der Waals surface area contributed by atoms with Crippen LogP contribution < -0.4 is 0 Å². The van der Waals surface area contributed by atoms with Gasteiger partial charge in [-0.2, -0.15) is 0 Å². The van der Waals surface area contributed by atoms with E-state index in [2.05, 4.69) is 163 Å². The minimum Gasteiger partial charge on any atom is -0.254 e. The second-order valence-corrected chi connectivity index (χ2v) is 24.1. The smallest absolute Gasteiger partial charge is 0.0972 e. The topological polar surface area (TPSA) is 25.8 Å². The molecule has 418 valence electrons. The van der Waals surface area contributed by atoms with E-state index >= 15 is 0 Å². The van der Waals surface area contributed by atoms with Gasteiger partial charge in [-0.1, -0.05) is 241 Å². The molecular formula is C78H96N2. The van der Waals surface area contributed by atoms with Crippen molar-refractivity contribution in [2.45, 2.75) is 221 Å². The number of nitrogens with zero attached hydrogens (tertiary/aromatic N) is 2. The Morgan fingerprint density at radius 2 is 0.725 bits per heavy atom. The van der Waals surface area contributed by atoms with Crippen LogP contribution in [0, 0.1) is 13.8 Å². The van der Waals surface area contributed by atoms with Gasteiger partial charge in [0, 0.05) is 22.5 Å². The number of hydrogen-bond acceptors (Lipinski definition) is 2. The zero-order valence-corrected chi connectivity index (χ0v) is 50.4. The lowest BCUT2D eigenvalue weighted by Gasteiger charge is -2.21. The lowest BCUT2D eigenvalue weighted by molar-refractivity contribution is 0.605. The van der Waals surface area contributed by atoms with Crippen LogP contribution in [0.15, 0.2) is 134 Å². The van der Waals surface area contributed by atoms with Crippen LogP contribution in [0.2, 0.25) is 0 Å². The molecular weight excluding hydrogens is 965 g/mol. The molecule has 9 aromatic rings. The first-order chi connectivity index (χ1) is 39.3. The number of pyridine rings is 2. The molecule has 0 radical (unpaired) electrons. The van der Waals surface area contributed by atoms with Gasteiger partial charge in [0.05, 0.1) is 16.7 Å². The molecule has 2 nitrogen and oxygen atoms in total. The van der Waals surface area contributed by atoms with Crippen LogP contribution >= 0.6 is 0 Å². The minimum atomic E-state index is 0.968. The Morgan fingerprint density at radius 1 is 0.300 bits per heavy atom. The van der Waals surface area contributed by atoms with Crippen LogP contribution in [-0.4, -0.2) is 9.97 Å². The third kappa shape index (κ3) is 15.5. The van der Waals surface area contributed by atoms with E-state index in [-0.39, 0.29) is 0 Å². The van der Waals surface area contributed by atoms with Crippen LogP contribution in [0.25, 0.3) is 88.0 Å². The Kier molecular flexibility index (Phi) is 22.0. The van der Waals surface area contributed by atoms with Gasteiger partial charge in [0.2, 0.25) is 0 Å². The second-order valence-electron chi connectivity index (χ2n) is 24.1. The van der Waals surface area contributed by atoms with E-state index in [9.17, 15) is 0 Å². The number of aromatic nitrogens is 2. The van der Waals surface area contributed by atoms with Crippen LogP contribution in [0.5, 0.6) is 0 Å². The number of aryl methyl sites for hydroxylation is 6. The van der Waals surface area contributed by atoms with E-state index in [1.807, 2.05) is 12.3 Å². The molecule has 2 heteroatoms. The zero-order chi connectivity index (χ0) is 55.5. The van der Waals surface area contributed by atoms with Crippen molar-refractivity contribution in [1.29, 1.82) is 0 Å². The third-order valence-corrected chi connectivity index (χ3v) is 17.6. The molecule has 0 atom stereocenters. The summed E-state index contributed by atoms with van der Waals surface area (Å²) < 4.78 is 0. The summed E-state index contributed by atoms with van der Waals surface area (Å²) in [6.45, 7) is 13.9. The van der Waals surface area contributed by atoms with Crippen molar-refractivity contribution in [3.05, 3.63) is 167 Å². The van der Waals surface area contributed by atoms with Gasteiger partial charge in [0.15, 0.2) is 0 Å². The molecule has 2 aromatic heterocycles. The molecule has 0 saturated heterocycles. The summed E-state index contributed by atoms with van der Waals surface area (Å²) >= 11 is 0. The highest BCUT2D eigenvalue weighted by Crippen LogP contribution is 2.41. The lowest BCUT2D eigenvalue weighted by atomic mass is 9.84. The summed E-state index contributed by atoms with van der Waals surface area (Å²) in [5.74, 6) is 0. The number of fused-ring (bicyclic) bond motifs is 5. The average Bonchev–Trinajstić information content (AvgIpc) is 3.68.